The normalized spacial score (nSPS) is 11.4. The van der Waals surface area contributed by atoms with Gasteiger partial charge in [0.15, 0.2) is 5.82 Å². The largest absolute Gasteiger partial charge is 0.309 e. The van der Waals surface area contributed by atoms with Gasteiger partial charge in [0.25, 0.3) is 0 Å². The van der Waals surface area contributed by atoms with Crippen molar-refractivity contribution < 1.29 is 0 Å². The first-order valence-electron chi connectivity index (χ1n) is 17.3. The van der Waals surface area contributed by atoms with Gasteiger partial charge in [-0.05, 0) is 48.5 Å². The molecule has 242 valence electrons. The molecule has 5 heteroatoms. The van der Waals surface area contributed by atoms with Crippen molar-refractivity contribution >= 4 is 43.6 Å². The first-order chi connectivity index (χ1) is 25.8. The zero-order chi connectivity index (χ0) is 34.6. The highest BCUT2D eigenvalue weighted by atomic mass is 15.0. The van der Waals surface area contributed by atoms with E-state index in [4.69, 9.17) is 9.97 Å². The van der Waals surface area contributed by atoms with Crippen LogP contribution < -0.4 is 0 Å². The Hall–Kier alpha value is -7.29. The molecule has 5 nitrogen and oxygen atoms in total. The summed E-state index contributed by atoms with van der Waals surface area (Å²) in [6.45, 7) is 0. The Labute approximate surface area is 299 Å². The molecule has 52 heavy (non-hydrogen) atoms. The Bertz CT molecular complexity index is 2930. The van der Waals surface area contributed by atoms with Crippen molar-refractivity contribution in [1.29, 1.82) is 5.26 Å². The van der Waals surface area contributed by atoms with Gasteiger partial charge in [-0.25, -0.2) is 9.97 Å². The van der Waals surface area contributed by atoms with Gasteiger partial charge in [-0.2, -0.15) is 5.26 Å². The van der Waals surface area contributed by atoms with Gasteiger partial charge in [0.2, 0.25) is 0 Å². The van der Waals surface area contributed by atoms with E-state index >= 15 is 0 Å². The van der Waals surface area contributed by atoms with Crippen LogP contribution in [0.15, 0.2) is 176 Å². The SMILES string of the molecule is N#Cc1c(-c2ccccc2)nc(-c2cccc3c4c5c6ccccc6n(-c6ccccc6)c5ccc4n(-c4ccccc4)c23)nc1-c1ccccc1. The molecule has 0 aliphatic rings. The molecule has 0 saturated carbocycles. The summed E-state index contributed by atoms with van der Waals surface area (Å²) in [5.74, 6) is 0.560. The molecule has 0 N–H and O–H groups in total. The van der Waals surface area contributed by atoms with Gasteiger partial charge >= 0.3 is 0 Å². The van der Waals surface area contributed by atoms with E-state index in [1.165, 1.54) is 16.2 Å². The molecule has 0 fully saturated rings. The van der Waals surface area contributed by atoms with E-state index in [0.717, 1.165) is 55.5 Å². The molecule has 0 aliphatic heterocycles. The molecular formula is C47H29N5. The van der Waals surface area contributed by atoms with Crippen molar-refractivity contribution in [1.82, 2.24) is 19.1 Å². The van der Waals surface area contributed by atoms with Crippen molar-refractivity contribution in [2.75, 3.05) is 0 Å². The van der Waals surface area contributed by atoms with E-state index in [1.54, 1.807) is 0 Å². The molecule has 0 aliphatic carbocycles. The van der Waals surface area contributed by atoms with Crippen LogP contribution in [0.1, 0.15) is 5.56 Å². The second-order valence-corrected chi connectivity index (χ2v) is 12.9. The molecule has 0 unspecified atom stereocenters. The fourth-order valence-corrected chi connectivity index (χ4v) is 7.79. The van der Waals surface area contributed by atoms with Crippen LogP contribution in [0.2, 0.25) is 0 Å². The Morgan fingerprint density at radius 3 is 1.50 bits per heavy atom. The highest BCUT2D eigenvalue weighted by molar-refractivity contribution is 6.30. The fraction of sp³-hybridized carbons (Fsp3) is 0. The minimum absolute atomic E-state index is 0.451. The average molecular weight is 664 g/mol. The van der Waals surface area contributed by atoms with Crippen molar-refractivity contribution in [2.24, 2.45) is 0 Å². The lowest BCUT2D eigenvalue weighted by atomic mass is 9.99. The summed E-state index contributed by atoms with van der Waals surface area (Å²) in [5.41, 5.74) is 10.9. The van der Waals surface area contributed by atoms with E-state index in [9.17, 15) is 5.26 Å². The molecule has 0 amide bonds. The van der Waals surface area contributed by atoms with Gasteiger partial charge in [0, 0.05) is 49.6 Å². The lowest BCUT2D eigenvalue weighted by molar-refractivity contribution is 1.15. The van der Waals surface area contributed by atoms with E-state index in [0.29, 0.717) is 22.8 Å². The fourth-order valence-electron chi connectivity index (χ4n) is 7.79. The third-order valence-electron chi connectivity index (χ3n) is 9.97. The lowest BCUT2D eigenvalue weighted by Gasteiger charge is -2.14. The zero-order valence-corrected chi connectivity index (χ0v) is 28.0. The molecule has 0 spiro atoms. The molecule has 0 atom stereocenters. The molecule has 0 radical (unpaired) electrons. The van der Waals surface area contributed by atoms with Crippen LogP contribution >= 0.6 is 0 Å². The smallest absolute Gasteiger partial charge is 0.162 e. The highest BCUT2D eigenvalue weighted by Crippen LogP contribution is 2.45. The van der Waals surface area contributed by atoms with Crippen molar-refractivity contribution in [3.63, 3.8) is 0 Å². The molecule has 3 aromatic heterocycles. The van der Waals surface area contributed by atoms with Crippen LogP contribution in [-0.2, 0) is 0 Å². The maximum atomic E-state index is 10.6. The number of rotatable bonds is 5. The van der Waals surface area contributed by atoms with Crippen LogP contribution in [-0.4, -0.2) is 19.1 Å². The molecular weight excluding hydrogens is 635 g/mol. The summed E-state index contributed by atoms with van der Waals surface area (Å²) in [5, 5.41) is 15.2. The summed E-state index contributed by atoms with van der Waals surface area (Å²) in [4.78, 5) is 10.5. The molecule has 10 aromatic rings. The number of benzene rings is 7. The molecule has 7 aromatic carbocycles. The van der Waals surface area contributed by atoms with Gasteiger partial charge in [-0.1, -0.05) is 127 Å². The number of para-hydroxylation sites is 4. The zero-order valence-electron chi connectivity index (χ0n) is 28.0. The minimum Gasteiger partial charge on any atom is -0.309 e. The highest BCUT2D eigenvalue weighted by Gasteiger charge is 2.25. The predicted octanol–water partition coefficient (Wildman–Crippen LogP) is 11.5. The molecule has 0 bridgehead atoms. The number of hydrogen-bond donors (Lipinski definition) is 0. The number of hydrogen-bond acceptors (Lipinski definition) is 3. The van der Waals surface area contributed by atoms with Crippen LogP contribution in [0.5, 0.6) is 0 Å². The summed E-state index contributed by atoms with van der Waals surface area (Å²) >= 11 is 0. The summed E-state index contributed by atoms with van der Waals surface area (Å²) in [7, 11) is 0. The Kier molecular flexibility index (Phi) is 6.80. The number of aromatic nitrogens is 4. The third kappa shape index (κ3) is 4.49. The van der Waals surface area contributed by atoms with Gasteiger partial charge in [0.1, 0.15) is 11.6 Å². The Balaban J connectivity index is 1.37. The van der Waals surface area contributed by atoms with E-state index in [1.807, 2.05) is 66.7 Å². The standard InChI is InChI=1S/C47H29N5/c48-30-38-44(31-16-5-1-6-17-31)49-47(50-45(38)32-18-7-2-8-19-32)37-26-15-25-36-43-41(52(46(36)37)34-22-11-4-12-23-34)29-28-40-42(43)35-24-13-14-27-39(35)51(40)33-20-9-3-10-21-33/h1-29H. The van der Waals surface area contributed by atoms with Crippen LogP contribution in [0.4, 0.5) is 0 Å². The average Bonchev–Trinajstić information content (AvgIpc) is 3.74. The summed E-state index contributed by atoms with van der Waals surface area (Å²) in [6, 6.07) is 63.0. The van der Waals surface area contributed by atoms with Crippen LogP contribution in [0, 0.1) is 11.3 Å². The maximum absolute atomic E-state index is 10.6. The minimum atomic E-state index is 0.451. The number of nitrogens with zero attached hydrogens (tertiary/aromatic N) is 5. The first kappa shape index (κ1) is 29.6. The van der Waals surface area contributed by atoms with Crippen LogP contribution in [0.3, 0.4) is 0 Å². The van der Waals surface area contributed by atoms with Crippen molar-refractivity contribution in [3.05, 3.63) is 181 Å². The summed E-state index contributed by atoms with van der Waals surface area (Å²) < 4.78 is 4.71. The van der Waals surface area contributed by atoms with Gasteiger partial charge in [-0.3, -0.25) is 0 Å². The Morgan fingerprint density at radius 1 is 0.423 bits per heavy atom. The van der Waals surface area contributed by atoms with E-state index in [-0.39, 0.29) is 0 Å². The summed E-state index contributed by atoms with van der Waals surface area (Å²) in [6.07, 6.45) is 0. The maximum Gasteiger partial charge on any atom is 0.162 e. The van der Waals surface area contributed by atoms with Gasteiger partial charge in [-0.15, -0.1) is 0 Å². The Morgan fingerprint density at radius 2 is 0.904 bits per heavy atom. The quantitative estimate of drug-likeness (QED) is 0.184. The predicted molar refractivity (Wildman–Crippen MR) is 212 cm³/mol. The molecule has 10 rings (SSSR count). The van der Waals surface area contributed by atoms with E-state index < -0.39 is 0 Å². The van der Waals surface area contributed by atoms with Crippen molar-refractivity contribution in [2.45, 2.75) is 0 Å². The number of fused-ring (bicyclic) bond motifs is 7. The number of nitriles is 1. The monoisotopic (exact) mass is 663 g/mol. The molecule has 0 saturated heterocycles. The van der Waals surface area contributed by atoms with Gasteiger partial charge < -0.3 is 9.13 Å². The topological polar surface area (TPSA) is 59.4 Å². The van der Waals surface area contributed by atoms with E-state index in [2.05, 4.69) is 124 Å². The third-order valence-corrected chi connectivity index (χ3v) is 9.97. The lowest BCUT2D eigenvalue weighted by Crippen LogP contribution is -2.02. The second kappa shape index (κ2) is 11.9. The molecule has 3 heterocycles. The van der Waals surface area contributed by atoms with Gasteiger partial charge in [0.05, 0.1) is 33.5 Å². The first-order valence-corrected chi connectivity index (χ1v) is 17.3. The van der Waals surface area contributed by atoms with Crippen molar-refractivity contribution in [3.8, 4) is 51.3 Å². The van der Waals surface area contributed by atoms with Crippen LogP contribution in [0.25, 0.3) is 88.9 Å². The second-order valence-electron chi connectivity index (χ2n) is 12.9.